The second kappa shape index (κ2) is 4.87. The Balaban J connectivity index is 2.22. The fourth-order valence-corrected chi connectivity index (χ4v) is 1.49. The number of anilines is 1. The summed E-state index contributed by atoms with van der Waals surface area (Å²) in [5.41, 5.74) is 0.620. The fourth-order valence-electron chi connectivity index (χ4n) is 1.49. The molecule has 2 rings (SSSR count). The molecule has 0 saturated carbocycles. The maximum Gasteiger partial charge on any atom is 0.339 e. The summed E-state index contributed by atoms with van der Waals surface area (Å²) in [6, 6.07) is 5.42. The van der Waals surface area contributed by atoms with E-state index >= 15 is 0 Å². The number of ether oxygens (including phenoxy) is 2. The van der Waals surface area contributed by atoms with Crippen LogP contribution in [0.1, 0.15) is 6.42 Å². The van der Waals surface area contributed by atoms with Crippen LogP contribution in [-0.4, -0.2) is 19.0 Å². The predicted molar refractivity (Wildman–Crippen MR) is 59.8 cm³/mol. The number of rotatable bonds is 3. The minimum atomic E-state index is -0.634. The summed E-state index contributed by atoms with van der Waals surface area (Å²) in [6.07, 6.45) is -0.143. The van der Waals surface area contributed by atoms with Gasteiger partial charge in [-0.2, -0.15) is 0 Å². The number of nitrogens with one attached hydrogen (secondary N) is 1. The quantitative estimate of drug-likeness (QED) is 0.826. The molecule has 0 spiro atoms. The van der Waals surface area contributed by atoms with Crippen molar-refractivity contribution in [2.75, 3.05) is 12.4 Å². The molecule has 0 bridgehead atoms. The molecule has 1 N–H and O–H groups in total. The smallest absolute Gasteiger partial charge is 0.339 e. The minimum absolute atomic E-state index is 0.0264. The van der Waals surface area contributed by atoms with E-state index in [1.54, 1.807) is 0 Å². The molecule has 94 valence electrons. The molecule has 0 amide bonds. The molecule has 1 aromatic carbocycles. The average molecular weight is 251 g/mol. The third-order valence-electron chi connectivity index (χ3n) is 2.34. The number of hydrogen-bond donors (Lipinski definition) is 1. The number of esters is 2. The van der Waals surface area contributed by atoms with Crippen molar-refractivity contribution in [3.8, 4) is 0 Å². The van der Waals surface area contributed by atoms with E-state index in [2.05, 4.69) is 10.1 Å². The van der Waals surface area contributed by atoms with Gasteiger partial charge in [0.1, 0.15) is 11.4 Å². The molecule has 5 nitrogen and oxygen atoms in total. The van der Waals surface area contributed by atoms with Crippen LogP contribution in [0.15, 0.2) is 35.7 Å². The van der Waals surface area contributed by atoms with Crippen molar-refractivity contribution in [2.45, 2.75) is 6.42 Å². The number of benzene rings is 1. The fraction of sp³-hybridized carbons (Fsp3) is 0.167. The molecule has 0 atom stereocenters. The standard InChI is InChI=1S/C12H10FNO4/c1-17-12(16)9-6-10(15)18-11(9)14-8-4-2-7(13)3-5-8/h2-5,14H,6H2,1H3. The highest BCUT2D eigenvalue weighted by atomic mass is 19.1. The van der Waals surface area contributed by atoms with Gasteiger partial charge in [-0.1, -0.05) is 0 Å². The minimum Gasteiger partial charge on any atom is -0.465 e. The van der Waals surface area contributed by atoms with Gasteiger partial charge in [0.25, 0.3) is 0 Å². The number of cyclic esters (lactones) is 1. The van der Waals surface area contributed by atoms with Crippen LogP contribution in [-0.2, 0) is 19.1 Å². The summed E-state index contributed by atoms with van der Waals surface area (Å²) < 4.78 is 22.1. The van der Waals surface area contributed by atoms with Crippen LogP contribution >= 0.6 is 0 Å². The zero-order chi connectivity index (χ0) is 13.1. The monoisotopic (exact) mass is 251 g/mol. The Hall–Kier alpha value is -2.37. The first-order chi connectivity index (χ1) is 8.60. The Kier molecular flexibility index (Phi) is 3.27. The molecule has 0 aliphatic carbocycles. The van der Waals surface area contributed by atoms with E-state index in [-0.39, 0.29) is 23.7 Å². The largest absolute Gasteiger partial charge is 0.465 e. The van der Waals surface area contributed by atoms with Gasteiger partial charge in [0.15, 0.2) is 0 Å². The lowest BCUT2D eigenvalue weighted by molar-refractivity contribution is -0.138. The van der Waals surface area contributed by atoms with Crippen molar-refractivity contribution >= 4 is 17.6 Å². The van der Waals surface area contributed by atoms with Gasteiger partial charge in [0.05, 0.1) is 13.5 Å². The van der Waals surface area contributed by atoms with E-state index in [0.717, 1.165) is 0 Å². The van der Waals surface area contributed by atoms with Crippen molar-refractivity contribution in [3.05, 3.63) is 41.5 Å². The Morgan fingerprint density at radius 1 is 1.39 bits per heavy atom. The summed E-state index contributed by atoms with van der Waals surface area (Å²) in [5, 5.41) is 2.73. The van der Waals surface area contributed by atoms with Crippen LogP contribution in [0.2, 0.25) is 0 Å². The Morgan fingerprint density at radius 3 is 2.67 bits per heavy atom. The summed E-state index contributed by atoms with van der Waals surface area (Å²) in [4.78, 5) is 22.6. The zero-order valence-corrected chi connectivity index (χ0v) is 9.53. The van der Waals surface area contributed by atoms with Gasteiger partial charge in [-0.3, -0.25) is 4.79 Å². The maximum atomic E-state index is 12.7. The Labute approximate surface area is 102 Å². The first-order valence-electron chi connectivity index (χ1n) is 5.15. The molecule has 1 aromatic rings. The van der Waals surface area contributed by atoms with Crippen LogP contribution in [0.5, 0.6) is 0 Å². The van der Waals surface area contributed by atoms with E-state index in [1.165, 1.54) is 31.4 Å². The van der Waals surface area contributed by atoms with Crippen LogP contribution in [0.4, 0.5) is 10.1 Å². The molecule has 6 heteroatoms. The maximum absolute atomic E-state index is 12.7. The summed E-state index contributed by atoms with van der Waals surface area (Å²) >= 11 is 0. The third kappa shape index (κ3) is 2.48. The molecule has 1 aliphatic rings. The first-order valence-corrected chi connectivity index (χ1v) is 5.15. The molecule has 1 heterocycles. The average Bonchev–Trinajstić information content (AvgIpc) is 2.72. The second-order valence-corrected chi connectivity index (χ2v) is 3.58. The molecule has 0 radical (unpaired) electrons. The van der Waals surface area contributed by atoms with Gasteiger partial charge in [-0.05, 0) is 24.3 Å². The highest BCUT2D eigenvalue weighted by molar-refractivity contribution is 5.97. The van der Waals surface area contributed by atoms with E-state index < -0.39 is 11.9 Å². The number of methoxy groups -OCH3 is 1. The molecular weight excluding hydrogens is 241 g/mol. The molecule has 1 aliphatic heterocycles. The van der Waals surface area contributed by atoms with Crippen molar-refractivity contribution in [1.29, 1.82) is 0 Å². The summed E-state index contributed by atoms with van der Waals surface area (Å²) in [7, 11) is 1.22. The van der Waals surface area contributed by atoms with Crippen LogP contribution < -0.4 is 5.32 Å². The summed E-state index contributed by atoms with van der Waals surface area (Å²) in [6.45, 7) is 0. The van der Waals surface area contributed by atoms with Crippen LogP contribution in [0.3, 0.4) is 0 Å². The van der Waals surface area contributed by atoms with Crippen molar-refractivity contribution in [1.82, 2.24) is 0 Å². The van der Waals surface area contributed by atoms with Gasteiger partial charge in [0.2, 0.25) is 5.88 Å². The van der Waals surface area contributed by atoms with E-state index in [9.17, 15) is 14.0 Å². The van der Waals surface area contributed by atoms with Gasteiger partial charge in [0, 0.05) is 5.69 Å². The van der Waals surface area contributed by atoms with Gasteiger partial charge in [-0.25, -0.2) is 9.18 Å². The molecular formula is C12H10FNO4. The van der Waals surface area contributed by atoms with Gasteiger partial charge in [-0.15, -0.1) is 0 Å². The first kappa shape index (κ1) is 12.1. The normalized spacial score (nSPS) is 14.4. The molecule has 0 aromatic heterocycles. The molecule has 0 saturated heterocycles. The highest BCUT2D eigenvalue weighted by Gasteiger charge is 2.29. The predicted octanol–water partition coefficient (Wildman–Crippen LogP) is 1.57. The van der Waals surface area contributed by atoms with E-state index in [0.29, 0.717) is 5.69 Å². The van der Waals surface area contributed by atoms with Crippen LogP contribution in [0, 0.1) is 5.82 Å². The molecule has 0 fully saturated rings. The van der Waals surface area contributed by atoms with Gasteiger partial charge < -0.3 is 14.8 Å². The van der Waals surface area contributed by atoms with E-state index in [1.807, 2.05) is 0 Å². The second-order valence-electron chi connectivity index (χ2n) is 3.58. The topological polar surface area (TPSA) is 64.6 Å². The SMILES string of the molecule is COC(=O)C1=C(Nc2ccc(F)cc2)OC(=O)C1. The molecule has 18 heavy (non-hydrogen) atoms. The lowest BCUT2D eigenvalue weighted by Gasteiger charge is -2.07. The lowest BCUT2D eigenvalue weighted by Crippen LogP contribution is -2.09. The zero-order valence-electron chi connectivity index (χ0n) is 9.53. The third-order valence-corrected chi connectivity index (χ3v) is 2.34. The van der Waals surface area contributed by atoms with Gasteiger partial charge >= 0.3 is 11.9 Å². The highest BCUT2D eigenvalue weighted by Crippen LogP contribution is 2.23. The van der Waals surface area contributed by atoms with Crippen molar-refractivity contribution in [2.24, 2.45) is 0 Å². The van der Waals surface area contributed by atoms with Crippen molar-refractivity contribution < 1.29 is 23.5 Å². The number of hydrogen-bond acceptors (Lipinski definition) is 5. The summed E-state index contributed by atoms with van der Waals surface area (Å²) in [5.74, 6) is -1.53. The Morgan fingerprint density at radius 2 is 2.06 bits per heavy atom. The number of halogens is 1. The Bertz CT molecular complexity index is 521. The van der Waals surface area contributed by atoms with E-state index in [4.69, 9.17) is 4.74 Å². The lowest BCUT2D eigenvalue weighted by atomic mass is 10.2. The van der Waals surface area contributed by atoms with Crippen molar-refractivity contribution in [3.63, 3.8) is 0 Å². The number of carbonyl (C=O) groups excluding carboxylic acids is 2. The molecule has 0 unspecified atom stereocenters. The van der Waals surface area contributed by atoms with Crippen LogP contribution in [0.25, 0.3) is 0 Å². The number of carbonyl (C=O) groups is 2.